The first-order valence-corrected chi connectivity index (χ1v) is 7.50. The van der Waals surface area contributed by atoms with Crippen molar-refractivity contribution in [1.29, 1.82) is 0 Å². The van der Waals surface area contributed by atoms with Crippen LogP contribution < -0.4 is 20.5 Å². The van der Waals surface area contributed by atoms with Crippen molar-refractivity contribution < 1.29 is 14.3 Å². The highest BCUT2D eigenvalue weighted by atomic mass is 35.5. The zero-order valence-corrected chi connectivity index (χ0v) is 13.9. The van der Waals surface area contributed by atoms with E-state index in [-0.39, 0.29) is 24.4 Å². The van der Waals surface area contributed by atoms with Crippen molar-refractivity contribution in [3.8, 4) is 11.5 Å². The molecule has 1 heterocycles. The maximum Gasteiger partial charge on any atom is 0.251 e. The second-order valence-electron chi connectivity index (χ2n) is 5.75. The van der Waals surface area contributed by atoms with Gasteiger partial charge in [-0.3, -0.25) is 4.79 Å². The van der Waals surface area contributed by atoms with Gasteiger partial charge in [0.05, 0.1) is 13.2 Å². The Labute approximate surface area is 138 Å². The zero-order valence-electron chi connectivity index (χ0n) is 13.1. The molecule has 2 rings (SSSR count). The number of nitrogens with two attached hydrogens (primary N) is 1. The number of benzene rings is 1. The first kappa shape index (κ1) is 18.6. The van der Waals surface area contributed by atoms with Gasteiger partial charge in [0.25, 0.3) is 5.91 Å². The summed E-state index contributed by atoms with van der Waals surface area (Å²) >= 11 is 0. The van der Waals surface area contributed by atoms with Crippen LogP contribution in [0.3, 0.4) is 0 Å². The summed E-state index contributed by atoms with van der Waals surface area (Å²) in [4.78, 5) is 12.3. The van der Waals surface area contributed by atoms with E-state index in [0.29, 0.717) is 42.7 Å². The lowest BCUT2D eigenvalue weighted by atomic mass is 10.0. The smallest absolute Gasteiger partial charge is 0.251 e. The molecule has 22 heavy (non-hydrogen) atoms. The van der Waals surface area contributed by atoms with E-state index < -0.39 is 0 Å². The van der Waals surface area contributed by atoms with Crippen LogP contribution in [0.15, 0.2) is 18.2 Å². The molecule has 0 saturated heterocycles. The van der Waals surface area contributed by atoms with Crippen LogP contribution in [-0.4, -0.2) is 31.7 Å². The summed E-state index contributed by atoms with van der Waals surface area (Å²) < 4.78 is 11.2. The highest BCUT2D eigenvalue weighted by molar-refractivity contribution is 5.95. The van der Waals surface area contributed by atoms with Crippen LogP contribution in [-0.2, 0) is 0 Å². The summed E-state index contributed by atoms with van der Waals surface area (Å²) in [6, 6.07) is 5.27. The van der Waals surface area contributed by atoms with E-state index >= 15 is 0 Å². The Morgan fingerprint density at radius 1 is 1.27 bits per heavy atom. The summed E-state index contributed by atoms with van der Waals surface area (Å²) in [6.45, 7) is 5.91. The summed E-state index contributed by atoms with van der Waals surface area (Å²) in [5.74, 6) is 1.69. The van der Waals surface area contributed by atoms with Gasteiger partial charge in [0.1, 0.15) is 0 Å². The van der Waals surface area contributed by atoms with Crippen LogP contribution in [0.5, 0.6) is 11.5 Å². The maximum absolute atomic E-state index is 12.3. The summed E-state index contributed by atoms with van der Waals surface area (Å²) in [6.07, 6.45) is 1.71. The summed E-state index contributed by atoms with van der Waals surface area (Å²) in [5.41, 5.74) is 6.29. The van der Waals surface area contributed by atoms with Gasteiger partial charge in [0.15, 0.2) is 11.5 Å². The van der Waals surface area contributed by atoms with Crippen molar-refractivity contribution in [2.75, 3.05) is 19.8 Å². The number of rotatable bonds is 5. The van der Waals surface area contributed by atoms with E-state index in [2.05, 4.69) is 19.2 Å². The Bertz CT molecular complexity index is 494. The van der Waals surface area contributed by atoms with Crippen molar-refractivity contribution in [3.05, 3.63) is 23.8 Å². The zero-order chi connectivity index (χ0) is 15.2. The fraction of sp³-hybridized carbons (Fsp3) is 0.562. The summed E-state index contributed by atoms with van der Waals surface area (Å²) in [7, 11) is 0. The fourth-order valence-electron chi connectivity index (χ4n) is 2.36. The van der Waals surface area contributed by atoms with Crippen molar-refractivity contribution >= 4 is 18.3 Å². The van der Waals surface area contributed by atoms with Gasteiger partial charge in [-0.05, 0) is 30.5 Å². The highest BCUT2D eigenvalue weighted by Gasteiger charge is 2.17. The molecule has 0 fully saturated rings. The minimum absolute atomic E-state index is 0. The molecule has 1 aliphatic rings. The normalized spacial score (nSPS) is 14.7. The number of halogens is 1. The lowest BCUT2D eigenvalue weighted by molar-refractivity contribution is 0.0933. The lowest BCUT2D eigenvalue weighted by Gasteiger charge is -2.19. The summed E-state index contributed by atoms with van der Waals surface area (Å²) in [5, 5.41) is 2.98. The number of amides is 1. The minimum Gasteiger partial charge on any atom is -0.490 e. The van der Waals surface area contributed by atoms with E-state index in [0.717, 1.165) is 12.8 Å². The molecule has 1 unspecified atom stereocenters. The third-order valence-electron chi connectivity index (χ3n) is 3.39. The number of carbonyl (C=O) groups excluding carboxylic acids is 1. The predicted octanol–water partition coefficient (Wildman–Crippen LogP) is 2.37. The standard InChI is InChI=1S/C16H24N2O3.ClH/c1-11(2)8-13(10-17)18-16(19)12-4-5-14-15(9-12)21-7-3-6-20-14;/h4-5,9,11,13H,3,6-8,10,17H2,1-2H3,(H,18,19);1H. The third kappa shape index (κ3) is 5.07. The van der Waals surface area contributed by atoms with Crippen LogP contribution in [0.25, 0.3) is 0 Å². The van der Waals surface area contributed by atoms with Crippen molar-refractivity contribution in [1.82, 2.24) is 5.32 Å². The number of hydrogen-bond donors (Lipinski definition) is 2. The molecule has 1 aliphatic heterocycles. The first-order valence-electron chi connectivity index (χ1n) is 7.50. The quantitative estimate of drug-likeness (QED) is 0.870. The lowest BCUT2D eigenvalue weighted by Crippen LogP contribution is -2.41. The Kier molecular flexibility index (Phi) is 7.48. The third-order valence-corrected chi connectivity index (χ3v) is 3.39. The second kappa shape index (κ2) is 8.86. The minimum atomic E-state index is -0.123. The van der Waals surface area contributed by atoms with Crippen LogP contribution >= 0.6 is 12.4 Å². The Balaban J connectivity index is 0.00000242. The first-order chi connectivity index (χ1) is 10.1. The molecule has 1 aromatic carbocycles. The van der Waals surface area contributed by atoms with Crippen LogP contribution in [0.1, 0.15) is 37.0 Å². The molecular weight excluding hydrogens is 304 g/mol. The molecule has 0 aliphatic carbocycles. The van der Waals surface area contributed by atoms with Gasteiger partial charge >= 0.3 is 0 Å². The molecule has 0 bridgehead atoms. The highest BCUT2D eigenvalue weighted by Crippen LogP contribution is 2.30. The van der Waals surface area contributed by atoms with E-state index in [9.17, 15) is 4.79 Å². The van der Waals surface area contributed by atoms with E-state index in [1.807, 2.05) is 0 Å². The fourth-order valence-corrected chi connectivity index (χ4v) is 2.36. The van der Waals surface area contributed by atoms with Gasteiger partial charge in [-0.2, -0.15) is 0 Å². The van der Waals surface area contributed by atoms with Gasteiger partial charge < -0.3 is 20.5 Å². The van der Waals surface area contributed by atoms with Crippen LogP contribution in [0, 0.1) is 5.92 Å². The SMILES string of the molecule is CC(C)CC(CN)NC(=O)c1ccc2c(c1)OCCCO2.Cl. The van der Waals surface area contributed by atoms with E-state index in [1.54, 1.807) is 18.2 Å². The molecule has 6 heteroatoms. The van der Waals surface area contributed by atoms with Crippen molar-refractivity contribution in [2.24, 2.45) is 11.7 Å². The molecule has 124 valence electrons. The van der Waals surface area contributed by atoms with Gasteiger partial charge in [-0.25, -0.2) is 0 Å². The average molecular weight is 329 g/mol. The molecule has 0 radical (unpaired) electrons. The number of ether oxygens (including phenoxy) is 2. The Hall–Kier alpha value is -1.46. The number of hydrogen-bond acceptors (Lipinski definition) is 4. The Morgan fingerprint density at radius 2 is 1.95 bits per heavy atom. The molecule has 1 aromatic rings. The van der Waals surface area contributed by atoms with Crippen molar-refractivity contribution in [3.63, 3.8) is 0 Å². The molecule has 3 N–H and O–H groups in total. The average Bonchev–Trinajstić information content (AvgIpc) is 2.70. The molecule has 1 atom stereocenters. The monoisotopic (exact) mass is 328 g/mol. The Morgan fingerprint density at radius 3 is 2.59 bits per heavy atom. The molecular formula is C16H25ClN2O3. The van der Waals surface area contributed by atoms with Gasteiger partial charge in [0, 0.05) is 24.6 Å². The van der Waals surface area contributed by atoms with Crippen LogP contribution in [0.2, 0.25) is 0 Å². The van der Waals surface area contributed by atoms with Gasteiger partial charge in [0.2, 0.25) is 0 Å². The van der Waals surface area contributed by atoms with Crippen LogP contribution in [0.4, 0.5) is 0 Å². The largest absolute Gasteiger partial charge is 0.490 e. The number of nitrogens with one attached hydrogen (secondary N) is 1. The molecule has 1 amide bonds. The molecule has 0 aromatic heterocycles. The number of carbonyl (C=O) groups is 1. The van der Waals surface area contributed by atoms with E-state index in [4.69, 9.17) is 15.2 Å². The topological polar surface area (TPSA) is 73.6 Å². The van der Waals surface area contributed by atoms with Gasteiger partial charge in [-0.15, -0.1) is 12.4 Å². The second-order valence-corrected chi connectivity index (χ2v) is 5.75. The van der Waals surface area contributed by atoms with E-state index in [1.165, 1.54) is 0 Å². The van der Waals surface area contributed by atoms with Gasteiger partial charge in [-0.1, -0.05) is 13.8 Å². The maximum atomic E-state index is 12.3. The molecule has 5 nitrogen and oxygen atoms in total. The number of fused-ring (bicyclic) bond motifs is 1. The van der Waals surface area contributed by atoms with Crippen molar-refractivity contribution in [2.45, 2.75) is 32.7 Å². The molecule has 0 saturated carbocycles. The molecule has 0 spiro atoms. The predicted molar refractivity (Wildman–Crippen MR) is 89.1 cm³/mol.